The highest BCUT2D eigenvalue weighted by atomic mass is 32.1. The van der Waals surface area contributed by atoms with E-state index in [-0.39, 0.29) is 12.6 Å². The first-order valence-electron chi connectivity index (χ1n) is 4.37. The number of nitrogens with two attached hydrogens (primary N) is 1. The molecule has 13 heavy (non-hydrogen) atoms. The summed E-state index contributed by atoms with van der Waals surface area (Å²) in [7, 11) is 0. The number of thiophene rings is 1. The van der Waals surface area contributed by atoms with E-state index in [9.17, 15) is 0 Å². The zero-order chi connectivity index (χ0) is 9.26. The number of hydrogen-bond donors (Lipinski definition) is 2. The molecule has 2 heterocycles. The fourth-order valence-corrected chi connectivity index (χ4v) is 2.59. The molecule has 1 atom stereocenters. The minimum Gasteiger partial charge on any atom is -0.394 e. The molecule has 72 valence electrons. The second-order valence-corrected chi connectivity index (χ2v) is 4.36. The van der Waals surface area contributed by atoms with Crippen molar-refractivity contribution in [3.05, 3.63) is 21.4 Å². The number of ether oxygens (including phenoxy) is 1. The number of aliphatic hydroxyl groups is 1. The van der Waals surface area contributed by atoms with E-state index < -0.39 is 0 Å². The number of fused-ring (bicyclic) bond motifs is 1. The summed E-state index contributed by atoms with van der Waals surface area (Å²) in [5.41, 5.74) is 6.97. The van der Waals surface area contributed by atoms with Gasteiger partial charge in [-0.1, -0.05) is 0 Å². The molecule has 0 aromatic carbocycles. The molecule has 2 rings (SSSR count). The first-order chi connectivity index (χ1) is 6.31. The summed E-state index contributed by atoms with van der Waals surface area (Å²) in [5, 5.41) is 8.90. The van der Waals surface area contributed by atoms with Crippen LogP contribution in [0.15, 0.2) is 6.07 Å². The van der Waals surface area contributed by atoms with E-state index in [1.54, 1.807) is 11.3 Å². The van der Waals surface area contributed by atoms with Gasteiger partial charge in [0.15, 0.2) is 0 Å². The number of hydrogen-bond acceptors (Lipinski definition) is 4. The first kappa shape index (κ1) is 9.15. The average Bonchev–Trinajstić information content (AvgIpc) is 2.59. The van der Waals surface area contributed by atoms with Gasteiger partial charge in [0.1, 0.15) is 0 Å². The fraction of sp³-hybridized carbons (Fsp3) is 0.556. The van der Waals surface area contributed by atoms with Crippen LogP contribution in [0.5, 0.6) is 0 Å². The third kappa shape index (κ3) is 1.76. The zero-order valence-corrected chi connectivity index (χ0v) is 8.14. The van der Waals surface area contributed by atoms with Gasteiger partial charge >= 0.3 is 0 Å². The van der Waals surface area contributed by atoms with Gasteiger partial charge in [-0.3, -0.25) is 0 Å². The minimum atomic E-state index is -0.226. The van der Waals surface area contributed by atoms with Gasteiger partial charge in [0.25, 0.3) is 0 Å². The smallest absolute Gasteiger partial charge is 0.0727 e. The highest BCUT2D eigenvalue weighted by Crippen LogP contribution is 2.29. The summed E-state index contributed by atoms with van der Waals surface area (Å²) in [6.07, 6.45) is 0.984. The van der Waals surface area contributed by atoms with Gasteiger partial charge in [0.2, 0.25) is 0 Å². The molecule has 3 nitrogen and oxygen atoms in total. The molecule has 0 saturated heterocycles. The monoisotopic (exact) mass is 199 g/mol. The quantitative estimate of drug-likeness (QED) is 0.741. The van der Waals surface area contributed by atoms with Crippen LogP contribution in [0.4, 0.5) is 0 Å². The van der Waals surface area contributed by atoms with E-state index in [1.165, 1.54) is 10.4 Å². The summed E-state index contributed by atoms with van der Waals surface area (Å²) in [6, 6.07) is 1.83. The molecule has 0 spiro atoms. The molecule has 1 aliphatic rings. The van der Waals surface area contributed by atoms with Gasteiger partial charge in [0.05, 0.1) is 25.9 Å². The van der Waals surface area contributed by atoms with E-state index in [1.807, 2.05) is 0 Å². The standard InChI is InChI=1S/C9H13NO2S/c10-7(4-11)9-3-6-5-12-2-1-8(6)13-9/h3,7,11H,1-2,4-5,10H2. The molecule has 1 aromatic rings. The van der Waals surface area contributed by atoms with Crippen molar-refractivity contribution in [1.29, 1.82) is 0 Å². The Morgan fingerprint density at radius 2 is 2.54 bits per heavy atom. The first-order valence-corrected chi connectivity index (χ1v) is 5.18. The maximum absolute atomic E-state index is 8.90. The predicted octanol–water partition coefficient (Wildman–Crippen LogP) is 0.813. The van der Waals surface area contributed by atoms with Crippen LogP contribution >= 0.6 is 11.3 Å². The predicted molar refractivity (Wildman–Crippen MR) is 51.7 cm³/mol. The zero-order valence-electron chi connectivity index (χ0n) is 7.32. The minimum absolute atomic E-state index is 0.0141. The van der Waals surface area contributed by atoms with E-state index in [0.717, 1.165) is 17.9 Å². The van der Waals surface area contributed by atoms with Gasteiger partial charge < -0.3 is 15.6 Å². The molecule has 0 radical (unpaired) electrons. The lowest BCUT2D eigenvalue weighted by Gasteiger charge is -2.10. The Kier molecular flexibility index (Phi) is 2.64. The molecule has 1 aromatic heterocycles. The third-order valence-electron chi connectivity index (χ3n) is 2.21. The van der Waals surface area contributed by atoms with Gasteiger partial charge in [-0.25, -0.2) is 0 Å². The highest BCUT2D eigenvalue weighted by molar-refractivity contribution is 7.12. The SMILES string of the molecule is NC(CO)c1cc2c(s1)CCOC2. The maximum Gasteiger partial charge on any atom is 0.0727 e. The van der Waals surface area contributed by atoms with Crippen molar-refractivity contribution in [2.75, 3.05) is 13.2 Å². The molecule has 0 fully saturated rings. The second-order valence-electron chi connectivity index (χ2n) is 3.19. The Morgan fingerprint density at radius 1 is 1.69 bits per heavy atom. The Balaban J connectivity index is 2.25. The van der Waals surface area contributed by atoms with Crippen LogP contribution in [0.2, 0.25) is 0 Å². The normalized spacial score (nSPS) is 18.3. The summed E-state index contributed by atoms with van der Waals surface area (Å²) >= 11 is 1.70. The molecule has 1 unspecified atom stereocenters. The Hall–Kier alpha value is -0.420. The largest absolute Gasteiger partial charge is 0.394 e. The van der Waals surface area contributed by atoms with Gasteiger partial charge in [-0.05, 0) is 11.6 Å². The van der Waals surface area contributed by atoms with Crippen LogP contribution in [-0.2, 0) is 17.8 Å². The summed E-state index contributed by atoms with van der Waals surface area (Å²) in [6.45, 7) is 1.52. The molecule has 4 heteroatoms. The van der Waals surface area contributed by atoms with Gasteiger partial charge in [-0.15, -0.1) is 11.3 Å². The van der Waals surface area contributed by atoms with Crippen LogP contribution in [0.25, 0.3) is 0 Å². The lowest BCUT2D eigenvalue weighted by molar-refractivity contribution is 0.112. The maximum atomic E-state index is 8.90. The summed E-state index contributed by atoms with van der Waals surface area (Å²) in [5.74, 6) is 0. The topological polar surface area (TPSA) is 55.5 Å². The Labute approximate surface area is 81.1 Å². The van der Waals surface area contributed by atoms with Gasteiger partial charge in [0, 0.05) is 16.2 Å². The third-order valence-corrected chi connectivity index (χ3v) is 3.58. The molecular weight excluding hydrogens is 186 g/mol. The van der Waals surface area contributed by atoms with Crippen molar-refractivity contribution >= 4 is 11.3 Å². The average molecular weight is 199 g/mol. The van der Waals surface area contributed by atoms with Crippen molar-refractivity contribution in [2.45, 2.75) is 19.1 Å². The second kappa shape index (κ2) is 3.75. The molecule has 0 saturated carbocycles. The van der Waals surface area contributed by atoms with Crippen molar-refractivity contribution < 1.29 is 9.84 Å². The van der Waals surface area contributed by atoms with Crippen LogP contribution in [0.1, 0.15) is 21.4 Å². The van der Waals surface area contributed by atoms with E-state index in [4.69, 9.17) is 15.6 Å². The number of rotatable bonds is 2. The van der Waals surface area contributed by atoms with Crippen LogP contribution < -0.4 is 5.73 Å². The molecule has 1 aliphatic heterocycles. The Bertz CT molecular complexity index is 274. The van der Waals surface area contributed by atoms with Crippen molar-refractivity contribution in [3.63, 3.8) is 0 Å². The van der Waals surface area contributed by atoms with E-state index in [2.05, 4.69) is 6.07 Å². The van der Waals surface area contributed by atoms with E-state index >= 15 is 0 Å². The van der Waals surface area contributed by atoms with Gasteiger partial charge in [-0.2, -0.15) is 0 Å². The lowest BCUT2D eigenvalue weighted by Crippen LogP contribution is -2.12. The molecule has 0 bridgehead atoms. The Morgan fingerprint density at radius 3 is 3.23 bits per heavy atom. The van der Waals surface area contributed by atoms with Crippen LogP contribution in [-0.4, -0.2) is 18.3 Å². The van der Waals surface area contributed by atoms with Crippen molar-refractivity contribution in [1.82, 2.24) is 0 Å². The van der Waals surface area contributed by atoms with E-state index in [0.29, 0.717) is 6.61 Å². The number of aliphatic hydroxyl groups excluding tert-OH is 1. The summed E-state index contributed by atoms with van der Waals surface area (Å²) in [4.78, 5) is 2.43. The molecule has 0 aliphatic carbocycles. The fourth-order valence-electron chi connectivity index (χ4n) is 1.44. The lowest BCUT2D eigenvalue weighted by atomic mass is 10.1. The molecular formula is C9H13NO2S. The van der Waals surface area contributed by atoms with Crippen molar-refractivity contribution in [2.24, 2.45) is 5.73 Å². The van der Waals surface area contributed by atoms with Crippen LogP contribution in [0.3, 0.4) is 0 Å². The molecule has 0 amide bonds. The van der Waals surface area contributed by atoms with Crippen molar-refractivity contribution in [3.8, 4) is 0 Å². The summed E-state index contributed by atoms with van der Waals surface area (Å²) < 4.78 is 5.33. The molecule has 3 N–H and O–H groups in total. The van der Waals surface area contributed by atoms with Crippen LogP contribution in [0, 0.1) is 0 Å². The highest BCUT2D eigenvalue weighted by Gasteiger charge is 2.16.